The van der Waals surface area contributed by atoms with Crippen molar-refractivity contribution in [3.05, 3.63) is 64.4 Å². The number of benzene rings is 1. The highest BCUT2D eigenvalue weighted by Crippen LogP contribution is 2.24. The number of hydrogen-bond acceptors (Lipinski definition) is 2. The number of rotatable bonds is 5. The van der Waals surface area contributed by atoms with Crippen LogP contribution in [0.25, 0.3) is 0 Å². The van der Waals surface area contributed by atoms with Crippen LogP contribution < -0.4 is 5.32 Å². The lowest BCUT2D eigenvalue weighted by atomic mass is 9.96. The molecule has 0 saturated carbocycles. The summed E-state index contributed by atoms with van der Waals surface area (Å²) in [6, 6.07) is 10.5. The molecule has 0 spiro atoms. The monoisotopic (exact) mass is 274 g/mol. The minimum Gasteiger partial charge on any atom is -0.310 e. The standard InChI is InChI=1S/C16H19ClN2/c1-3-19-16(10-13-6-8-18-9-7-13)15-11-14(17)5-4-12(15)2/h4-9,11,16,19H,3,10H2,1-2H3. The molecule has 0 amide bonds. The number of aromatic nitrogens is 1. The van der Waals surface area contributed by atoms with Gasteiger partial charge in [-0.05, 0) is 60.8 Å². The molecule has 19 heavy (non-hydrogen) atoms. The van der Waals surface area contributed by atoms with Gasteiger partial charge in [0, 0.05) is 23.5 Å². The van der Waals surface area contributed by atoms with Crippen LogP contribution in [-0.2, 0) is 6.42 Å². The maximum absolute atomic E-state index is 6.13. The summed E-state index contributed by atoms with van der Waals surface area (Å²) in [5.74, 6) is 0. The molecule has 2 nitrogen and oxygen atoms in total. The lowest BCUT2D eigenvalue weighted by molar-refractivity contribution is 0.547. The van der Waals surface area contributed by atoms with Gasteiger partial charge >= 0.3 is 0 Å². The van der Waals surface area contributed by atoms with Crippen molar-refractivity contribution in [2.75, 3.05) is 6.54 Å². The van der Waals surface area contributed by atoms with Gasteiger partial charge in [-0.2, -0.15) is 0 Å². The van der Waals surface area contributed by atoms with E-state index in [0.717, 1.165) is 18.0 Å². The van der Waals surface area contributed by atoms with Crippen molar-refractivity contribution in [2.24, 2.45) is 0 Å². The lowest BCUT2D eigenvalue weighted by Crippen LogP contribution is -2.23. The predicted octanol–water partition coefficient (Wildman–Crippen LogP) is 3.94. The average molecular weight is 275 g/mol. The number of nitrogens with one attached hydrogen (secondary N) is 1. The molecule has 0 aliphatic heterocycles. The van der Waals surface area contributed by atoms with Crippen molar-refractivity contribution in [3.8, 4) is 0 Å². The zero-order valence-electron chi connectivity index (χ0n) is 11.4. The quantitative estimate of drug-likeness (QED) is 0.893. The molecule has 2 aromatic rings. The zero-order chi connectivity index (χ0) is 13.7. The van der Waals surface area contributed by atoms with Gasteiger partial charge in [-0.25, -0.2) is 0 Å². The van der Waals surface area contributed by atoms with Gasteiger partial charge in [-0.1, -0.05) is 24.6 Å². The third-order valence-corrected chi connectivity index (χ3v) is 3.49. The van der Waals surface area contributed by atoms with Crippen LogP contribution in [0.3, 0.4) is 0 Å². The van der Waals surface area contributed by atoms with E-state index in [1.165, 1.54) is 16.7 Å². The summed E-state index contributed by atoms with van der Waals surface area (Å²) in [4.78, 5) is 4.06. The van der Waals surface area contributed by atoms with E-state index in [2.05, 4.69) is 48.4 Å². The Morgan fingerprint density at radius 1 is 1.21 bits per heavy atom. The van der Waals surface area contributed by atoms with Crippen molar-refractivity contribution in [3.63, 3.8) is 0 Å². The van der Waals surface area contributed by atoms with Crippen molar-refractivity contribution in [2.45, 2.75) is 26.3 Å². The van der Waals surface area contributed by atoms with Gasteiger partial charge in [0.15, 0.2) is 0 Å². The third-order valence-electron chi connectivity index (χ3n) is 3.26. The predicted molar refractivity (Wildman–Crippen MR) is 80.5 cm³/mol. The lowest BCUT2D eigenvalue weighted by Gasteiger charge is -2.21. The van der Waals surface area contributed by atoms with E-state index >= 15 is 0 Å². The molecule has 100 valence electrons. The smallest absolute Gasteiger partial charge is 0.0409 e. The van der Waals surface area contributed by atoms with Gasteiger partial charge in [0.25, 0.3) is 0 Å². The van der Waals surface area contributed by atoms with E-state index in [-0.39, 0.29) is 6.04 Å². The molecule has 1 N–H and O–H groups in total. The molecule has 2 rings (SSSR count). The van der Waals surface area contributed by atoms with Crippen LogP contribution in [-0.4, -0.2) is 11.5 Å². The largest absolute Gasteiger partial charge is 0.310 e. The van der Waals surface area contributed by atoms with E-state index < -0.39 is 0 Å². The molecule has 0 bridgehead atoms. The molecule has 0 aliphatic rings. The van der Waals surface area contributed by atoms with Gasteiger partial charge in [0.2, 0.25) is 0 Å². The first-order valence-corrected chi connectivity index (χ1v) is 6.97. The molecule has 1 atom stereocenters. The molecule has 1 aromatic heterocycles. The van der Waals surface area contributed by atoms with Gasteiger partial charge in [0.1, 0.15) is 0 Å². The van der Waals surface area contributed by atoms with Gasteiger partial charge in [-0.3, -0.25) is 4.98 Å². The van der Waals surface area contributed by atoms with Crippen LogP contribution in [0.2, 0.25) is 5.02 Å². The second-order valence-corrected chi connectivity index (χ2v) is 5.11. The fraction of sp³-hybridized carbons (Fsp3) is 0.312. The van der Waals surface area contributed by atoms with Crippen LogP contribution in [0.15, 0.2) is 42.7 Å². The second-order valence-electron chi connectivity index (χ2n) is 4.67. The van der Waals surface area contributed by atoms with Gasteiger partial charge in [-0.15, -0.1) is 0 Å². The van der Waals surface area contributed by atoms with E-state index in [1.807, 2.05) is 18.5 Å². The number of hydrogen-bond donors (Lipinski definition) is 1. The number of pyridine rings is 1. The Labute approximate surface area is 119 Å². The molecular formula is C16H19ClN2. The highest BCUT2D eigenvalue weighted by Gasteiger charge is 2.13. The Morgan fingerprint density at radius 3 is 2.63 bits per heavy atom. The van der Waals surface area contributed by atoms with Crippen LogP contribution >= 0.6 is 11.6 Å². The molecule has 1 unspecified atom stereocenters. The van der Waals surface area contributed by atoms with Gasteiger partial charge in [0.05, 0.1) is 0 Å². The van der Waals surface area contributed by atoms with Crippen LogP contribution in [0.5, 0.6) is 0 Å². The summed E-state index contributed by atoms with van der Waals surface area (Å²) >= 11 is 6.13. The van der Waals surface area contributed by atoms with E-state index in [9.17, 15) is 0 Å². The number of likely N-dealkylation sites (N-methyl/N-ethyl adjacent to an activating group) is 1. The van der Waals surface area contributed by atoms with E-state index in [4.69, 9.17) is 11.6 Å². The van der Waals surface area contributed by atoms with E-state index in [0.29, 0.717) is 0 Å². The van der Waals surface area contributed by atoms with Crippen molar-refractivity contribution < 1.29 is 0 Å². The third kappa shape index (κ3) is 3.79. The first-order chi connectivity index (χ1) is 9.20. The summed E-state index contributed by atoms with van der Waals surface area (Å²) in [6.45, 7) is 5.18. The minimum atomic E-state index is 0.283. The van der Waals surface area contributed by atoms with Crippen LogP contribution in [0, 0.1) is 6.92 Å². The Bertz CT molecular complexity index is 526. The zero-order valence-corrected chi connectivity index (χ0v) is 12.1. The molecule has 0 fully saturated rings. The molecule has 1 aromatic carbocycles. The fourth-order valence-corrected chi connectivity index (χ4v) is 2.46. The van der Waals surface area contributed by atoms with Crippen molar-refractivity contribution in [1.29, 1.82) is 0 Å². The first-order valence-electron chi connectivity index (χ1n) is 6.59. The summed E-state index contributed by atoms with van der Waals surface area (Å²) < 4.78 is 0. The summed E-state index contributed by atoms with van der Waals surface area (Å²) in [7, 11) is 0. The number of nitrogens with zero attached hydrogens (tertiary/aromatic N) is 1. The average Bonchev–Trinajstić information content (AvgIpc) is 2.42. The van der Waals surface area contributed by atoms with E-state index in [1.54, 1.807) is 0 Å². The van der Waals surface area contributed by atoms with Crippen molar-refractivity contribution >= 4 is 11.6 Å². The van der Waals surface area contributed by atoms with Crippen LogP contribution in [0.4, 0.5) is 0 Å². The highest BCUT2D eigenvalue weighted by atomic mass is 35.5. The second kappa shape index (κ2) is 6.69. The molecular weight excluding hydrogens is 256 g/mol. The number of aryl methyl sites for hydroxylation is 1. The topological polar surface area (TPSA) is 24.9 Å². The SMILES string of the molecule is CCNC(Cc1ccncc1)c1cc(Cl)ccc1C. The Kier molecular flexibility index (Phi) is 4.94. The molecule has 0 aliphatic carbocycles. The molecule has 0 radical (unpaired) electrons. The number of halogens is 1. The molecule has 0 saturated heterocycles. The normalized spacial score (nSPS) is 12.4. The molecule has 3 heteroatoms. The maximum atomic E-state index is 6.13. The Morgan fingerprint density at radius 2 is 1.95 bits per heavy atom. The highest BCUT2D eigenvalue weighted by molar-refractivity contribution is 6.30. The Hall–Kier alpha value is -1.38. The van der Waals surface area contributed by atoms with Crippen molar-refractivity contribution in [1.82, 2.24) is 10.3 Å². The Balaban J connectivity index is 2.27. The summed E-state index contributed by atoms with van der Waals surface area (Å²) in [5.41, 5.74) is 3.82. The molecule has 1 heterocycles. The van der Waals surface area contributed by atoms with Crippen LogP contribution in [0.1, 0.15) is 29.7 Å². The first kappa shape index (κ1) is 14.0. The minimum absolute atomic E-state index is 0.283. The maximum Gasteiger partial charge on any atom is 0.0409 e. The summed E-state index contributed by atoms with van der Waals surface area (Å²) in [5, 5.41) is 4.33. The van der Waals surface area contributed by atoms with Gasteiger partial charge < -0.3 is 5.32 Å². The summed E-state index contributed by atoms with van der Waals surface area (Å²) in [6.07, 6.45) is 4.61. The fourth-order valence-electron chi connectivity index (χ4n) is 2.28.